The quantitative estimate of drug-likeness (QED) is 0.245. The third kappa shape index (κ3) is 164. The van der Waals surface area contributed by atoms with Crippen LogP contribution in [-0.4, -0.2) is 97.8 Å². The first-order chi connectivity index (χ1) is 0. The molecule has 0 rings (SSSR count). The first-order valence-electron chi connectivity index (χ1n) is 0. The van der Waals surface area contributed by atoms with Crippen LogP contribution >= 0.6 is 0 Å². The molecule has 0 aliphatic carbocycles. The molecule has 0 N–H and O–H groups in total. The van der Waals surface area contributed by atoms with E-state index in [9.17, 15) is 0 Å². The molecule has 0 aliphatic rings. The fourth-order valence-electron chi connectivity index (χ4n) is 0. The minimum atomic E-state index is 0. The fraction of sp³-hybridized carbons (Fsp3) is 0. The second-order valence-electron chi connectivity index (χ2n) is 0. The van der Waals surface area contributed by atoms with Crippen LogP contribution in [0.3, 0.4) is 0 Å². The summed E-state index contributed by atoms with van der Waals surface area (Å²) in [6.45, 7) is 0. The summed E-state index contributed by atoms with van der Waals surface area (Å²) in [5.74, 6) is 0. The normalized spacial score (nSPS) is 0. The van der Waals surface area contributed by atoms with Crippen LogP contribution in [0.1, 0.15) is 0 Å². The molecule has 0 amide bonds. The maximum Gasteiger partial charge on any atom is 4.00 e. The van der Waals surface area contributed by atoms with Gasteiger partial charge in [-0.05, 0) is 0 Å². The average Bonchev–Trinajstić information content (AvgIpc) is 0. The van der Waals surface area contributed by atoms with Crippen molar-refractivity contribution in [1.82, 2.24) is 0 Å². The predicted molar refractivity (Wildman–Crippen MR) is 17.7 cm³/mol. The molecule has 0 spiro atoms. The van der Waals surface area contributed by atoms with Crippen LogP contribution in [0.2, 0.25) is 0 Å². The van der Waals surface area contributed by atoms with Crippen LogP contribution < -0.4 is 0 Å². The Kier molecular flexibility index (Phi) is 2550. The van der Waals surface area contributed by atoms with E-state index in [-0.39, 0.29) is 262 Å². The van der Waals surface area contributed by atoms with Gasteiger partial charge >= 0.3 is 212 Å². The molecule has 0 heterocycles. The molecule has 0 bridgehead atoms. The molecule has 15 heavy (non-hydrogen) atoms. The summed E-state index contributed by atoms with van der Waals surface area (Å²) in [7, 11) is 0. The smallest absolute Gasteiger partial charge is 2.00 e. The van der Waals surface area contributed by atoms with Gasteiger partial charge in [0, 0.05) is 0 Å². The summed E-state index contributed by atoms with van der Waals surface area (Å²) in [5, 5.41) is 0. The molecule has 0 radical (unpaired) electrons. The summed E-state index contributed by atoms with van der Waals surface area (Å²) in [6.07, 6.45) is 0. The Bertz CT molecular complexity index is 24.1. The Labute approximate surface area is 254 Å². The van der Waals surface area contributed by atoms with Gasteiger partial charge in [-0.2, -0.15) is 0 Å². The number of hydrogen-bond donors (Lipinski definition) is 0. The first kappa shape index (κ1) is 210. The largest absolute Gasteiger partial charge is 4.00 e. The third-order valence-electron chi connectivity index (χ3n) is 0. The van der Waals surface area contributed by atoms with Crippen LogP contribution in [0.4, 0.5) is 0 Å². The molecule has 0 fully saturated rings. The SMILES string of the molecule is [Ba+2].[Ba+2].[La+3].[La+3].[O-2].[O-2].[O-2].[O-2].[O-2].[O-2].[O-2].[O-2].[O-2].[Ti+4].[Ti+4]. The van der Waals surface area contributed by atoms with Gasteiger partial charge in [-0.3, -0.25) is 0 Å². The summed E-state index contributed by atoms with van der Waals surface area (Å²) in [5.41, 5.74) is 0. The monoisotopic (exact) mass is 793 g/mol. The van der Waals surface area contributed by atoms with Crippen molar-refractivity contribution in [2.24, 2.45) is 0 Å². The number of hydrogen-bond acceptors (Lipinski definition) is 0. The van der Waals surface area contributed by atoms with Gasteiger partial charge in [0.1, 0.15) is 0 Å². The Hall–Kier alpha value is 6.60. The van der Waals surface area contributed by atoms with Crippen molar-refractivity contribution in [2.75, 3.05) is 0 Å². The van der Waals surface area contributed by atoms with Gasteiger partial charge in [0.2, 0.25) is 0 Å². The minimum Gasteiger partial charge on any atom is -2.00 e. The van der Waals surface area contributed by atoms with Crippen molar-refractivity contribution in [3.8, 4) is 0 Å². The van der Waals surface area contributed by atoms with Gasteiger partial charge in [0.25, 0.3) is 0 Å². The summed E-state index contributed by atoms with van der Waals surface area (Å²) < 4.78 is 0. The Morgan fingerprint density at radius 3 is 0.267 bits per heavy atom. The second-order valence-corrected chi connectivity index (χ2v) is 0. The summed E-state index contributed by atoms with van der Waals surface area (Å²) in [4.78, 5) is 0. The molecule has 15 heteroatoms. The maximum atomic E-state index is 0. The van der Waals surface area contributed by atoms with Gasteiger partial charge in [0.15, 0.2) is 0 Å². The van der Waals surface area contributed by atoms with Crippen LogP contribution in [0.5, 0.6) is 0 Å². The molecular weight excluding hydrogens is 792 g/mol. The van der Waals surface area contributed by atoms with Gasteiger partial charge < -0.3 is 49.3 Å². The van der Waals surface area contributed by atoms with Gasteiger partial charge in [-0.15, -0.1) is 0 Å². The number of rotatable bonds is 0. The first-order valence-corrected chi connectivity index (χ1v) is 0. The van der Waals surface area contributed by atoms with Gasteiger partial charge in [-0.1, -0.05) is 0 Å². The Morgan fingerprint density at radius 1 is 0.267 bits per heavy atom. The molecule has 0 atom stereocenters. The average molecular weight is 792 g/mol. The zero-order valence-corrected chi connectivity index (χ0v) is 26.5. The van der Waals surface area contributed by atoms with Crippen LogP contribution in [0.25, 0.3) is 0 Å². The van der Waals surface area contributed by atoms with E-state index in [1.54, 1.807) is 0 Å². The topological polar surface area (TPSA) is 256 Å². The van der Waals surface area contributed by atoms with E-state index in [0.29, 0.717) is 0 Å². The van der Waals surface area contributed by atoms with Crippen LogP contribution in [0, 0.1) is 71.2 Å². The van der Waals surface area contributed by atoms with E-state index in [4.69, 9.17) is 0 Å². The molecule has 0 saturated heterocycles. The standard InChI is InChI=1S/2Ba.2La.9O.2Ti/q2*+2;2*+3;9*-2;2*+4. The van der Waals surface area contributed by atoms with Crippen molar-refractivity contribution in [3.63, 3.8) is 0 Å². The molecule has 0 aromatic carbocycles. The maximum absolute atomic E-state index is 0. The van der Waals surface area contributed by atoms with Gasteiger partial charge in [0.05, 0.1) is 0 Å². The van der Waals surface area contributed by atoms with Crippen molar-refractivity contribution in [2.45, 2.75) is 0 Å². The molecule has 0 unspecified atom stereocenters. The fourth-order valence-corrected chi connectivity index (χ4v) is 0. The molecule has 0 aliphatic heterocycles. The molecular formula is Ba2La2O9Ti2. The van der Waals surface area contributed by atoms with E-state index < -0.39 is 0 Å². The second kappa shape index (κ2) is 182. The Morgan fingerprint density at radius 2 is 0.267 bits per heavy atom. The van der Waals surface area contributed by atoms with Crippen molar-refractivity contribution >= 4 is 97.8 Å². The van der Waals surface area contributed by atoms with Crippen molar-refractivity contribution in [3.05, 3.63) is 0 Å². The zero-order chi connectivity index (χ0) is 0. The van der Waals surface area contributed by atoms with Gasteiger partial charge in [-0.25, -0.2) is 0 Å². The van der Waals surface area contributed by atoms with Crippen LogP contribution in [-0.2, 0) is 92.7 Å². The van der Waals surface area contributed by atoms with E-state index in [2.05, 4.69) is 0 Å². The zero-order valence-electron chi connectivity index (χ0n) is 7.24. The Balaban J connectivity index is 0. The summed E-state index contributed by atoms with van der Waals surface area (Å²) >= 11 is 0. The molecule has 0 aromatic rings. The van der Waals surface area contributed by atoms with Crippen molar-refractivity contribution < 1.29 is 164 Å². The molecule has 0 aromatic heterocycles. The molecule has 9 nitrogen and oxygen atoms in total. The van der Waals surface area contributed by atoms with E-state index in [0.717, 1.165) is 0 Å². The van der Waals surface area contributed by atoms with E-state index in [1.165, 1.54) is 0 Å². The predicted octanol–water partition coefficient (Wildman–Crippen LogP) is -1.84. The molecule has 72 valence electrons. The van der Waals surface area contributed by atoms with Crippen LogP contribution in [0.15, 0.2) is 0 Å². The summed E-state index contributed by atoms with van der Waals surface area (Å²) in [6, 6.07) is 0. The van der Waals surface area contributed by atoms with E-state index in [1.807, 2.05) is 0 Å². The van der Waals surface area contributed by atoms with Crippen molar-refractivity contribution in [1.29, 1.82) is 0 Å². The minimum absolute atomic E-state index is 0. The third-order valence-corrected chi connectivity index (χ3v) is 0. The molecule has 0 saturated carbocycles. The van der Waals surface area contributed by atoms with E-state index >= 15 is 0 Å².